The largest absolute Gasteiger partial charge is 0.481 e. The maximum Gasteiger partial charge on any atom is 0.309 e. The second-order valence-electron chi connectivity index (χ2n) is 6.49. The van der Waals surface area contributed by atoms with Crippen LogP contribution in [0.5, 0.6) is 0 Å². The molecule has 0 fully saturated rings. The van der Waals surface area contributed by atoms with E-state index in [-0.39, 0.29) is 12.5 Å². The van der Waals surface area contributed by atoms with Crippen molar-refractivity contribution < 1.29 is 24.2 Å². The number of hydrogen-bond donors (Lipinski definition) is 1. The fraction of sp³-hybridized carbons (Fsp3) is 0.765. The molecule has 0 aromatic rings. The van der Waals surface area contributed by atoms with Crippen molar-refractivity contribution in [2.24, 2.45) is 5.92 Å². The molecule has 128 valence electrons. The second kappa shape index (κ2) is 9.62. The molecule has 5 nitrogen and oxygen atoms in total. The van der Waals surface area contributed by atoms with Crippen molar-refractivity contribution in [3.05, 3.63) is 12.7 Å². The van der Waals surface area contributed by atoms with Gasteiger partial charge in [0.1, 0.15) is 5.60 Å². The van der Waals surface area contributed by atoms with Gasteiger partial charge in [-0.1, -0.05) is 13.0 Å². The van der Waals surface area contributed by atoms with Crippen molar-refractivity contribution in [1.82, 2.24) is 0 Å². The molecule has 0 aliphatic rings. The van der Waals surface area contributed by atoms with E-state index >= 15 is 0 Å². The van der Waals surface area contributed by atoms with Gasteiger partial charge in [0.15, 0.2) is 0 Å². The van der Waals surface area contributed by atoms with E-state index in [0.717, 1.165) is 12.8 Å². The Kier molecular flexibility index (Phi) is 9.02. The van der Waals surface area contributed by atoms with E-state index in [0.29, 0.717) is 6.42 Å². The first kappa shape index (κ1) is 20.6. The Morgan fingerprint density at radius 3 is 2.32 bits per heavy atom. The van der Waals surface area contributed by atoms with Crippen LogP contribution < -0.4 is 0 Å². The summed E-state index contributed by atoms with van der Waals surface area (Å²) in [4.78, 5) is 23.4. The molecule has 0 aliphatic heterocycles. The first-order valence-electron chi connectivity index (χ1n) is 7.81. The molecule has 0 bridgehead atoms. The van der Waals surface area contributed by atoms with Crippen LogP contribution in [-0.2, 0) is 19.1 Å². The number of carboxylic acid groups (broad SMARTS) is 1. The quantitative estimate of drug-likeness (QED) is 0.493. The van der Waals surface area contributed by atoms with Gasteiger partial charge < -0.3 is 14.6 Å². The smallest absolute Gasteiger partial charge is 0.309 e. The third-order valence-electron chi connectivity index (χ3n) is 3.16. The number of allylic oxidation sites excluding steroid dienone is 1. The molecule has 0 saturated heterocycles. The predicted molar refractivity (Wildman–Crippen MR) is 85.6 cm³/mol. The van der Waals surface area contributed by atoms with Crippen LogP contribution in [0.25, 0.3) is 0 Å². The van der Waals surface area contributed by atoms with Gasteiger partial charge in [-0.15, -0.1) is 6.58 Å². The fourth-order valence-electron chi connectivity index (χ4n) is 2.14. The van der Waals surface area contributed by atoms with Crippen LogP contribution in [0.4, 0.5) is 0 Å². The molecule has 0 aliphatic carbocycles. The Labute approximate surface area is 133 Å². The molecule has 5 heteroatoms. The molecule has 0 aromatic heterocycles. The molecule has 0 rings (SSSR count). The molecule has 3 atom stereocenters. The van der Waals surface area contributed by atoms with E-state index in [9.17, 15) is 14.7 Å². The molecule has 0 unspecified atom stereocenters. The molecular weight excluding hydrogens is 284 g/mol. The highest BCUT2D eigenvalue weighted by atomic mass is 16.6. The number of hydrogen-bond acceptors (Lipinski definition) is 4. The molecular formula is C17H30O5. The first-order chi connectivity index (χ1) is 10.1. The summed E-state index contributed by atoms with van der Waals surface area (Å²) in [5.74, 6) is -2.44. The third kappa shape index (κ3) is 8.82. The Morgan fingerprint density at radius 2 is 1.91 bits per heavy atom. The van der Waals surface area contributed by atoms with Crippen LogP contribution in [0, 0.1) is 5.92 Å². The molecule has 0 radical (unpaired) electrons. The van der Waals surface area contributed by atoms with Gasteiger partial charge in [-0.3, -0.25) is 9.59 Å². The SMILES string of the molecule is C=CCC[C@@H](C)O[C@@H](CC)[C@H](CC(=O)OC(C)(C)C)C(=O)O. The van der Waals surface area contributed by atoms with E-state index in [1.54, 1.807) is 26.8 Å². The Balaban J connectivity index is 4.77. The Hall–Kier alpha value is -1.36. The van der Waals surface area contributed by atoms with Crippen molar-refractivity contribution in [3.63, 3.8) is 0 Å². The maximum absolute atomic E-state index is 11.9. The van der Waals surface area contributed by atoms with Gasteiger partial charge in [0.05, 0.1) is 24.5 Å². The number of carbonyl (C=O) groups excluding carboxylic acids is 1. The summed E-state index contributed by atoms with van der Waals surface area (Å²) >= 11 is 0. The van der Waals surface area contributed by atoms with Gasteiger partial charge in [-0.05, 0) is 47.0 Å². The third-order valence-corrected chi connectivity index (χ3v) is 3.16. The van der Waals surface area contributed by atoms with Gasteiger partial charge in [-0.25, -0.2) is 0 Å². The average molecular weight is 314 g/mol. The number of rotatable bonds is 10. The lowest BCUT2D eigenvalue weighted by atomic mass is 9.96. The van der Waals surface area contributed by atoms with Gasteiger partial charge in [-0.2, -0.15) is 0 Å². The summed E-state index contributed by atoms with van der Waals surface area (Å²) in [5, 5.41) is 9.41. The lowest BCUT2D eigenvalue weighted by Crippen LogP contribution is -2.36. The lowest BCUT2D eigenvalue weighted by Gasteiger charge is -2.27. The maximum atomic E-state index is 11.9. The van der Waals surface area contributed by atoms with Gasteiger partial charge in [0.25, 0.3) is 0 Å². The van der Waals surface area contributed by atoms with Crippen molar-refractivity contribution >= 4 is 11.9 Å². The molecule has 0 amide bonds. The molecule has 0 saturated carbocycles. The van der Waals surface area contributed by atoms with E-state index in [4.69, 9.17) is 9.47 Å². The van der Waals surface area contributed by atoms with Gasteiger partial charge in [0, 0.05) is 0 Å². The standard InChI is InChI=1S/C17H30O5/c1-7-9-10-12(3)21-14(8-2)13(16(19)20)11-15(18)22-17(4,5)6/h7,12-14H,1,8-11H2,2-6H3,(H,19,20)/t12-,13+,14+/m1/s1. The zero-order chi connectivity index (χ0) is 17.3. The highest BCUT2D eigenvalue weighted by molar-refractivity contribution is 5.79. The summed E-state index contributed by atoms with van der Waals surface area (Å²) in [6.07, 6.45) is 3.14. The number of ether oxygens (including phenoxy) is 2. The number of esters is 1. The molecule has 1 N–H and O–H groups in total. The predicted octanol–water partition coefficient (Wildman–Crippen LogP) is 3.57. The second-order valence-corrected chi connectivity index (χ2v) is 6.49. The minimum Gasteiger partial charge on any atom is -0.481 e. The minimum absolute atomic E-state index is 0.0802. The Morgan fingerprint density at radius 1 is 1.32 bits per heavy atom. The van der Waals surface area contributed by atoms with Crippen LogP contribution in [0.15, 0.2) is 12.7 Å². The topological polar surface area (TPSA) is 72.8 Å². The van der Waals surface area contributed by atoms with Crippen LogP contribution >= 0.6 is 0 Å². The fourth-order valence-corrected chi connectivity index (χ4v) is 2.14. The Bertz CT molecular complexity index is 370. The zero-order valence-corrected chi connectivity index (χ0v) is 14.4. The van der Waals surface area contributed by atoms with Crippen molar-refractivity contribution in [2.45, 2.75) is 78.1 Å². The number of carbonyl (C=O) groups is 2. The van der Waals surface area contributed by atoms with Crippen molar-refractivity contribution in [1.29, 1.82) is 0 Å². The summed E-state index contributed by atoms with van der Waals surface area (Å²) in [6, 6.07) is 0. The van der Waals surface area contributed by atoms with Crippen molar-refractivity contribution in [2.75, 3.05) is 0 Å². The molecule has 22 heavy (non-hydrogen) atoms. The number of carboxylic acids is 1. The minimum atomic E-state index is -1.03. The monoisotopic (exact) mass is 314 g/mol. The normalized spacial score (nSPS) is 15.7. The average Bonchev–Trinajstić information content (AvgIpc) is 2.37. The van der Waals surface area contributed by atoms with E-state index in [2.05, 4.69) is 6.58 Å². The van der Waals surface area contributed by atoms with E-state index in [1.807, 2.05) is 13.8 Å². The van der Waals surface area contributed by atoms with Crippen LogP contribution in [0.3, 0.4) is 0 Å². The van der Waals surface area contributed by atoms with Crippen molar-refractivity contribution in [3.8, 4) is 0 Å². The van der Waals surface area contributed by atoms with Crippen LogP contribution in [0.1, 0.15) is 60.3 Å². The summed E-state index contributed by atoms with van der Waals surface area (Å²) in [5.41, 5.74) is -0.625. The van der Waals surface area contributed by atoms with Crippen LogP contribution in [-0.4, -0.2) is 34.9 Å². The van der Waals surface area contributed by atoms with Gasteiger partial charge >= 0.3 is 11.9 Å². The summed E-state index contributed by atoms with van der Waals surface area (Å²) < 4.78 is 11.0. The summed E-state index contributed by atoms with van der Waals surface area (Å²) in [6.45, 7) is 12.7. The number of aliphatic carboxylic acids is 1. The van der Waals surface area contributed by atoms with E-state index in [1.165, 1.54) is 0 Å². The summed E-state index contributed by atoms with van der Waals surface area (Å²) in [7, 11) is 0. The lowest BCUT2D eigenvalue weighted by molar-refractivity contribution is -0.165. The highest BCUT2D eigenvalue weighted by Gasteiger charge is 2.32. The molecule has 0 spiro atoms. The van der Waals surface area contributed by atoms with Crippen LogP contribution in [0.2, 0.25) is 0 Å². The molecule has 0 heterocycles. The van der Waals surface area contributed by atoms with E-state index < -0.39 is 29.6 Å². The highest BCUT2D eigenvalue weighted by Crippen LogP contribution is 2.21. The zero-order valence-electron chi connectivity index (χ0n) is 14.4. The van der Waals surface area contributed by atoms with Gasteiger partial charge in [0.2, 0.25) is 0 Å². The molecule has 0 aromatic carbocycles. The first-order valence-corrected chi connectivity index (χ1v) is 7.81.